The summed E-state index contributed by atoms with van der Waals surface area (Å²) in [6, 6.07) is 4.67. The molecule has 20 heavy (non-hydrogen) atoms. The molecule has 0 aliphatic rings. The minimum Gasteiger partial charge on any atom is -0.491 e. The van der Waals surface area contributed by atoms with Gasteiger partial charge in [-0.3, -0.25) is 0 Å². The van der Waals surface area contributed by atoms with Gasteiger partial charge in [-0.2, -0.15) is 0 Å². The van der Waals surface area contributed by atoms with Crippen molar-refractivity contribution >= 4 is 10.0 Å². The number of ether oxygens (including phenoxy) is 1. The van der Waals surface area contributed by atoms with Gasteiger partial charge in [0.2, 0.25) is 10.0 Å². The molecule has 0 spiro atoms. The smallest absolute Gasteiger partial charge is 0.240 e. The maximum atomic E-state index is 12.1. The first-order chi connectivity index (χ1) is 9.26. The lowest BCUT2D eigenvalue weighted by Crippen LogP contribution is -2.36. The molecule has 0 aliphatic carbocycles. The van der Waals surface area contributed by atoms with Crippen molar-refractivity contribution in [1.82, 2.24) is 4.72 Å². The molecule has 0 amide bonds. The van der Waals surface area contributed by atoms with Gasteiger partial charge in [0.15, 0.2) is 0 Å². The first kappa shape index (κ1) is 16.9. The fraction of sp³-hybridized carbons (Fsp3) is 0.571. The van der Waals surface area contributed by atoms with E-state index in [2.05, 4.69) is 4.72 Å². The zero-order chi connectivity index (χ0) is 15.3. The lowest BCUT2D eigenvalue weighted by atomic mass is 10.2. The maximum absolute atomic E-state index is 12.1. The number of sulfonamides is 1. The largest absolute Gasteiger partial charge is 0.491 e. The Labute approximate surface area is 121 Å². The van der Waals surface area contributed by atoms with Crippen molar-refractivity contribution in [3.05, 3.63) is 23.8 Å². The van der Waals surface area contributed by atoms with Gasteiger partial charge < -0.3 is 10.5 Å². The molecular weight excluding hydrogens is 276 g/mol. The zero-order valence-electron chi connectivity index (χ0n) is 12.5. The molecule has 0 bridgehead atoms. The fourth-order valence-corrected chi connectivity index (χ4v) is 2.80. The van der Waals surface area contributed by atoms with Gasteiger partial charge in [0.05, 0.1) is 11.0 Å². The second-order valence-corrected chi connectivity index (χ2v) is 6.88. The zero-order valence-corrected chi connectivity index (χ0v) is 13.3. The van der Waals surface area contributed by atoms with Crippen LogP contribution in [0.1, 0.15) is 32.8 Å². The van der Waals surface area contributed by atoms with E-state index in [-0.39, 0.29) is 23.6 Å². The highest BCUT2D eigenvalue weighted by molar-refractivity contribution is 7.89. The predicted molar refractivity (Wildman–Crippen MR) is 80.4 cm³/mol. The summed E-state index contributed by atoms with van der Waals surface area (Å²) in [5, 5.41) is 0. The summed E-state index contributed by atoms with van der Waals surface area (Å²) in [5.41, 5.74) is 6.51. The van der Waals surface area contributed by atoms with E-state index in [1.54, 1.807) is 18.2 Å². The van der Waals surface area contributed by atoms with Crippen molar-refractivity contribution in [3.8, 4) is 5.75 Å². The maximum Gasteiger partial charge on any atom is 0.240 e. The first-order valence-electron chi connectivity index (χ1n) is 6.78. The molecule has 1 rings (SSSR count). The van der Waals surface area contributed by atoms with Gasteiger partial charge in [0, 0.05) is 12.6 Å². The lowest BCUT2D eigenvalue weighted by Gasteiger charge is -2.14. The second-order valence-electron chi connectivity index (χ2n) is 5.11. The molecule has 0 aliphatic heterocycles. The van der Waals surface area contributed by atoms with Crippen molar-refractivity contribution in [1.29, 1.82) is 0 Å². The van der Waals surface area contributed by atoms with Crippen LogP contribution in [0.3, 0.4) is 0 Å². The van der Waals surface area contributed by atoms with E-state index < -0.39 is 10.0 Å². The van der Waals surface area contributed by atoms with Crippen LogP contribution < -0.4 is 15.2 Å². The number of aryl methyl sites for hydroxylation is 1. The number of nitrogens with two attached hydrogens (primary N) is 1. The molecule has 1 aromatic rings. The molecule has 1 aromatic carbocycles. The molecule has 0 saturated carbocycles. The van der Waals surface area contributed by atoms with Gasteiger partial charge in [0.25, 0.3) is 0 Å². The van der Waals surface area contributed by atoms with Crippen molar-refractivity contribution in [2.45, 2.75) is 51.2 Å². The monoisotopic (exact) mass is 300 g/mol. The molecule has 0 radical (unpaired) electrons. The summed E-state index contributed by atoms with van der Waals surface area (Å²) in [5.74, 6) is 0.698. The number of rotatable bonds is 7. The molecule has 6 heteroatoms. The average molecular weight is 300 g/mol. The van der Waals surface area contributed by atoms with Gasteiger partial charge >= 0.3 is 0 Å². The molecule has 1 unspecified atom stereocenters. The summed E-state index contributed by atoms with van der Waals surface area (Å²) in [6.45, 7) is 7.84. The minimum atomic E-state index is -3.52. The van der Waals surface area contributed by atoms with Gasteiger partial charge in [-0.15, -0.1) is 0 Å². The quantitative estimate of drug-likeness (QED) is 0.804. The van der Waals surface area contributed by atoms with E-state index >= 15 is 0 Å². The normalized spacial score (nSPS) is 13.5. The van der Waals surface area contributed by atoms with E-state index in [1.807, 2.05) is 27.7 Å². The molecule has 5 nitrogen and oxygen atoms in total. The molecule has 0 fully saturated rings. The summed E-state index contributed by atoms with van der Waals surface area (Å²) in [4.78, 5) is 0.231. The highest BCUT2D eigenvalue weighted by atomic mass is 32.2. The highest BCUT2D eigenvalue weighted by Gasteiger charge is 2.16. The van der Waals surface area contributed by atoms with Crippen LogP contribution in [0.4, 0.5) is 0 Å². The van der Waals surface area contributed by atoms with Gasteiger partial charge in [-0.1, -0.05) is 6.92 Å². The topological polar surface area (TPSA) is 81.4 Å². The summed E-state index contributed by atoms with van der Waals surface area (Å²) >= 11 is 0. The third-order valence-electron chi connectivity index (χ3n) is 2.88. The summed E-state index contributed by atoms with van der Waals surface area (Å²) in [7, 11) is -3.52. The number of nitrogens with one attached hydrogen (secondary N) is 1. The summed E-state index contributed by atoms with van der Waals surface area (Å²) < 4.78 is 32.4. The van der Waals surface area contributed by atoms with Gasteiger partial charge in [-0.25, -0.2) is 13.1 Å². The molecule has 0 aromatic heterocycles. The lowest BCUT2D eigenvalue weighted by molar-refractivity contribution is 0.240. The Morgan fingerprint density at radius 1 is 1.35 bits per heavy atom. The molecule has 3 N–H and O–H groups in total. The Hall–Kier alpha value is -1.11. The van der Waals surface area contributed by atoms with Crippen LogP contribution in [0.25, 0.3) is 0 Å². The minimum absolute atomic E-state index is 0.0526. The van der Waals surface area contributed by atoms with E-state index in [0.29, 0.717) is 5.75 Å². The number of hydrogen-bond donors (Lipinski definition) is 2. The summed E-state index contributed by atoms with van der Waals surface area (Å²) in [6.07, 6.45) is 0.778. The van der Waals surface area contributed by atoms with Crippen molar-refractivity contribution in [3.63, 3.8) is 0 Å². The van der Waals surface area contributed by atoms with Crippen LogP contribution >= 0.6 is 0 Å². The number of hydrogen-bond acceptors (Lipinski definition) is 4. The standard InChI is InChI=1S/C14H24N2O3S/c1-5-12(15)9-16-20(17,18)13-6-7-14(11(4)8-13)19-10(2)3/h6-8,10,12,16H,5,9,15H2,1-4H3. The van der Waals surface area contributed by atoms with Gasteiger partial charge in [-0.05, 0) is 51.0 Å². The average Bonchev–Trinajstić information content (AvgIpc) is 2.37. The second kappa shape index (κ2) is 7.06. The van der Waals surface area contributed by atoms with E-state index in [1.165, 1.54) is 0 Å². The molecular formula is C14H24N2O3S. The van der Waals surface area contributed by atoms with E-state index in [0.717, 1.165) is 12.0 Å². The van der Waals surface area contributed by atoms with Crippen LogP contribution in [0.5, 0.6) is 5.75 Å². The molecule has 0 saturated heterocycles. The predicted octanol–water partition coefficient (Wildman–Crippen LogP) is 1.80. The van der Waals surface area contributed by atoms with Crippen LogP contribution in [0.2, 0.25) is 0 Å². The number of benzene rings is 1. The Morgan fingerprint density at radius 3 is 2.50 bits per heavy atom. The van der Waals surface area contributed by atoms with Crippen LogP contribution in [-0.2, 0) is 10.0 Å². The van der Waals surface area contributed by atoms with Crippen LogP contribution in [0, 0.1) is 6.92 Å². The third kappa shape index (κ3) is 4.77. The molecule has 1 atom stereocenters. The fourth-order valence-electron chi connectivity index (χ4n) is 1.62. The van der Waals surface area contributed by atoms with Crippen molar-refractivity contribution < 1.29 is 13.2 Å². The van der Waals surface area contributed by atoms with E-state index in [9.17, 15) is 8.42 Å². The van der Waals surface area contributed by atoms with Crippen LogP contribution in [0.15, 0.2) is 23.1 Å². The Balaban J connectivity index is 2.88. The van der Waals surface area contributed by atoms with Crippen molar-refractivity contribution in [2.24, 2.45) is 5.73 Å². The van der Waals surface area contributed by atoms with Gasteiger partial charge in [0.1, 0.15) is 5.75 Å². The van der Waals surface area contributed by atoms with E-state index in [4.69, 9.17) is 10.5 Å². The first-order valence-corrected chi connectivity index (χ1v) is 8.27. The highest BCUT2D eigenvalue weighted by Crippen LogP contribution is 2.22. The third-order valence-corrected chi connectivity index (χ3v) is 4.30. The SMILES string of the molecule is CCC(N)CNS(=O)(=O)c1ccc(OC(C)C)c(C)c1. The Bertz CT molecular complexity index is 541. The molecule has 0 heterocycles. The Kier molecular flexibility index (Phi) is 5.98. The van der Waals surface area contributed by atoms with Crippen molar-refractivity contribution in [2.75, 3.05) is 6.54 Å². The molecule has 114 valence electrons. The Morgan fingerprint density at radius 2 is 2.00 bits per heavy atom. The van der Waals surface area contributed by atoms with Crippen LogP contribution in [-0.4, -0.2) is 27.1 Å².